The Morgan fingerprint density at radius 1 is 1.19 bits per heavy atom. The predicted molar refractivity (Wildman–Crippen MR) is 130 cm³/mol. The molecule has 7 heteroatoms. The molecule has 168 valence electrons. The van der Waals surface area contributed by atoms with Crippen LogP contribution in [-0.2, 0) is 13.0 Å². The molecule has 32 heavy (non-hydrogen) atoms. The summed E-state index contributed by atoms with van der Waals surface area (Å²) >= 11 is 6.22. The van der Waals surface area contributed by atoms with E-state index >= 15 is 0 Å². The van der Waals surface area contributed by atoms with E-state index < -0.39 is 0 Å². The predicted octanol–water partition coefficient (Wildman–Crippen LogP) is 4.25. The lowest BCUT2D eigenvalue weighted by molar-refractivity contribution is 0.165. The minimum absolute atomic E-state index is 0.544. The molecule has 1 fully saturated rings. The van der Waals surface area contributed by atoms with Gasteiger partial charge in [0.15, 0.2) is 0 Å². The van der Waals surface area contributed by atoms with Crippen molar-refractivity contribution < 1.29 is 4.74 Å². The SMILES string of the molecule is COc1ccc(CCNc2nccc(-c3cccc(CN4CCNCC4C)c3)n2)cc1Cl. The second-order valence-corrected chi connectivity index (χ2v) is 8.54. The molecule has 2 heterocycles. The summed E-state index contributed by atoms with van der Waals surface area (Å²) in [6.07, 6.45) is 2.62. The molecule has 0 saturated carbocycles. The van der Waals surface area contributed by atoms with Crippen LogP contribution in [0.4, 0.5) is 5.95 Å². The van der Waals surface area contributed by atoms with Crippen molar-refractivity contribution in [2.45, 2.75) is 25.9 Å². The maximum atomic E-state index is 6.22. The average molecular weight is 452 g/mol. The molecule has 0 amide bonds. The molecule has 2 N–H and O–H groups in total. The van der Waals surface area contributed by atoms with Crippen LogP contribution in [0.5, 0.6) is 5.75 Å². The normalized spacial score (nSPS) is 16.7. The Hall–Kier alpha value is -2.67. The fraction of sp³-hybridized carbons (Fsp3) is 0.360. The lowest BCUT2D eigenvalue weighted by Crippen LogP contribution is -2.49. The van der Waals surface area contributed by atoms with E-state index in [1.807, 2.05) is 24.3 Å². The van der Waals surface area contributed by atoms with Gasteiger partial charge in [-0.3, -0.25) is 4.90 Å². The van der Waals surface area contributed by atoms with Crippen LogP contribution in [0, 0.1) is 0 Å². The minimum atomic E-state index is 0.544. The van der Waals surface area contributed by atoms with Crippen molar-refractivity contribution in [2.24, 2.45) is 0 Å². The molecule has 1 saturated heterocycles. The van der Waals surface area contributed by atoms with E-state index in [1.54, 1.807) is 13.3 Å². The molecule has 6 nitrogen and oxygen atoms in total. The molecule has 0 bridgehead atoms. The zero-order valence-electron chi connectivity index (χ0n) is 18.6. The molecular formula is C25H30ClN5O. The van der Waals surface area contributed by atoms with Gasteiger partial charge in [-0.1, -0.05) is 35.9 Å². The van der Waals surface area contributed by atoms with Crippen LogP contribution in [0.25, 0.3) is 11.3 Å². The first-order chi connectivity index (χ1) is 15.6. The van der Waals surface area contributed by atoms with Crippen molar-refractivity contribution in [3.8, 4) is 17.0 Å². The van der Waals surface area contributed by atoms with E-state index in [9.17, 15) is 0 Å². The number of hydrogen-bond acceptors (Lipinski definition) is 6. The Labute approximate surface area is 195 Å². The molecule has 0 aliphatic carbocycles. The monoisotopic (exact) mass is 451 g/mol. The fourth-order valence-electron chi connectivity index (χ4n) is 3.97. The van der Waals surface area contributed by atoms with Gasteiger partial charge in [0.05, 0.1) is 17.8 Å². The zero-order valence-corrected chi connectivity index (χ0v) is 19.4. The van der Waals surface area contributed by atoms with E-state index in [0.29, 0.717) is 29.3 Å². The first kappa shape index (κ1) is 22.5. The van der Waals surface area contributed by atoms with Gasteiger partial charge < -0.3 is 15.4 Å². The summed E-state index contributed by atoms with van der Waals surface area (Å²) < 4.78 is 5.21. The number of anilines is 1. The highest BCUT2D eigenvalue weighted by atomic mass is 35.5. The number of piperazine rings is 1. The summed E-state index contributed by atoms with van der Waals surface area (Å²) in [6.45, 7) is 7.12. The minimum Gasteiger partial charge on any atom is -0.495 e. The van der Waals surface area contributed by atoms with E-state index in [4.69, 9.17) is 21.3 Å². The Morgan fingerprint density at radius 3 is 2.91 bits per heavy atom. The van der Waals surface area contributed by atoms with Gasteiger partial charge >= 0.3 is 0 Å². The molecular weight excluding hydrogens is 422 g/mol. The number of nitrogens with zero attached hydrogens (tertiary/aromatic N) is 3. The molecule has 1 atom stereocenters. The maximum absolute atomic E-state index is 6.22. The first-order valence-corrected chi connectivity index (χ1v) is 11.4. The van der Waals surface area contributed by atoms with Gasteiger partial charge in [0, 0.05) is 50.5 Å². The van der Waals surface area contributed by atoms with Crippen LogP contribution in [0.3, 0.4) is 0 Å². The Kier molecular flexibility index (Phi) is 7.58. The summed E-state index contributed by atoms with van der Waals surface area (Å²) in [5, 5.41) is 7.40. The highest BCUT2D eigenvalue weighted by molar-refractivity contribution is 6.32. The van der Waals surface area contributed by atoms with E-state index in [-0.39, 0.29) is 0 Å². The second kappa shape index (κ2) is 10.8. The van der Waals surface area contributed by atoms with Crippen LogP contribution < -0.4 is 15.4 Å². The van der Waals surface area contributed by atoms with Crippen LogP contribution in [0.15, 0.2) is 54.7 Å². The molecule has 1 aliphatic rings. The van der Waals surface area contributed by atoms with Crippen LogP contribution in [-0.4, -0.2) is 54.2 Å². The lowest BCUT2D eigenvalue weighted by Gasteiger charge is -2.33. The summed E-state index contributed by atoms with van der Waals surface area (Å²) in [7, 11) is 1.62. The lowest BCUT2D eigenvalue weighted by atomic mass is 10.1. The van der Waals surface area contributed by atoms with Gasteiger partial charge in [0.2, 0.25) is 5.95 Å². The van der Waals surface area contributed by atoms with Gasteiger partial charge in [-0.05, 0) is 48.7 Å². The third-order valence-corrected chi connectivity index (χ3v) is 6.11. The molecule has 4 rings (SSSR count). The van der Waals surface area contributed by atoms with Crippen molar-refractivity contribution in [2.75, 3.05) is 38.6 Å². The number of hydrogen-bond donors (Lipinski definition) is 2. The number of rotatable bonds is 8. The highest BCUT2D eigenvalue weighted by Crippen LogP contribution is 2.25. The van der Waals surface area contributed by atoms with Gasteiger partial charge in [0.1, 0.15) is 5.75 Å². The molecule has 1 unspecified atom stereocenters. The summed E-state index contributed by atoms with van der Waals surface area (Å²) in [5.41, 5.74) is 4.47. The average Bonchev–Trinajstić information content (AvgIpc) is 2.81. The standard InChI is InChI=1S/C25H30ClN5O/c1-18-16-27-12-13-31(18)17-20-4-3-5-21(14-20)23-9-11-29-25(30-23)28-10-8-19-6-7-24(32-2)22(26)15-19/h3-7,9,11,14-15,18,27H,8,10,12-13,16-17H2,1-2H3,(H,28,29,30). The zero-order chi connectivity index (χ0) is 22.3. The molecule has 1 aromatic heterocycles. The molecule has 2 aromatic carbocycles. The van der Waals surface area contributed by atoms with Crippen molar-refractivity contribution in [3.63, 3.8) is 0 Å². The summed E-state index contributed by atoms with van der Waals surface area (Å²) in [4.78, 5) is 11.6. The number of halogens is 1. The van der Waals surface area contributed by atoms with E-state index in [0.717, 1.165) is 49.4 Å². The largest absolute Gasteiger partial charge is 0.495 e. The van der Waals surface area contributed by atoms with Gasteiger partial charge in [-0.25, -0.2) is 9.97 Å². The van der Waals surface area contributed by atoms with Crippen LogP contribution >= 0.6 is 11.6 Å². The number of methoxy groups -OCH3 is 1. The number of aromatic nitrogens is 2. The summed E-state index contributed by atoms with van der Waals surface area (Å²) in [5.74, 6) is 1.32. The quantitative estimate of drug-likeness (QED) is 0.533. The van der Waals surface area contributed by atoms with Crippen molar-refractivity contribution in [3.05, 3.63) is 70.9 Å². The summed E-state index contributed by atoms with van der Waals surface area (Å²) in [6, 6.07) is 17.0. The molecule has 3 aromatic rings. The van der Waals surface area contributed by atoms with Gasteiger partial charge in [-0.15, -0.1) is 0 Å². The third kappa shape index (κ3) is 5.76. The molecule has 0 spiro atoms. The number of ether oxygens (including phenoxy) is 1. The second-order valence-electron chi connectivity index (χ2n) is 8.14. The molecule has 1 aliphatic heterocycles. The maximum Gasteiger partial charge on any atom is 0.223 e. The topological polar surface area (TPSA) is 62.3 Å². The third-order valence-electron chi connectivity index (χ3n) is 5.82. The first-order valence-electron chi connectivity index (χ1n) is 11.1. The Balaban J connectivity index is 1.39. The fourth-order valence-corrected chi connectivity index (χ4v) is 4.25. The van der Waals surface area contributed by atoms with Crippen molar-refractivity contribution in [1.82, 2.24) is 20.2 Å². The van der Waals surface area contributed by atoms with E-state index in [2.05, 4.69) is 51.7 Å². The van der Waals surface area contributed by atoms with Gasteiger partial charge in [0.25, 0.3) is 0 Å². The van der Waals surface area contributed by atoms with E-state index in [1.165, 1.54) is 5.56 Å². The van der Waals surface area contributed by atoms with Crippen LogP contribution in [0.1, 0.15) is 18.1 Å². The Bertz CT molecular complexity index is 1040. The Morgan fingerprint density at radius 2 is 2.09 bits per heavy atom. The van der Waals surface area contributed by atoms with Gasteiger partial charge in [-0.2, -0.15) is 0 Å². The highest BCUT2D eigenvalue weighted by Gasteiger charge is 2.18. The number of nitrogens with one attached hydrogen (secondary N) is 2. The number of benzene rings is 2. The van der Waals surface area contributed by atoms with Crippen molar-refractivity contribution >= 4 is 17.5 Å². The van der Waals surface area contributed by atoms with Crippen LogP contribution in [0.2, 0.25) is 5.02 Å². The molecule has 0 radical (unpaired) electrons. The smallest absolute Gasteiger partial charge is 0.223 e. The van der Waals surface area contributed by atoms with Crippen molar-refractivity contribution in [1.29, 1.82) is 0 Å².